The lowest BCUT2D eigenvalue weighted by atomic mass is 9.98. The van der Waals surface area contributed by atoms with E-state index in [-0.39, 0.29) is 11.9 Å². The largest absolute Gasteiger partial charge is 0.339 e. The zero-order valence-electron chi connectivity index (χ0n) is 15.5. The molecule has 2 amide bonds. The number of carbonyl (C=O) groups excluding carboxylic acids is 1. The normalized spacial score (nSPS) is 17.6. The Morgan fingerprint density at radius 3 is 3.19 bits per heavy atom. The molecule has 3 aromatic rings. The fourth-order valence-electron chi connectivity index (χ4n) is 3.39. The zero-order chi connectivity index (χ0) is 18.8. The van der Waals surface area contributed by atoms with Gasteiger partial charge in [-0.1, -0.05) is 19.0 Å². The van der Waals surface area contributed by atoms with Gasteiger partial charge in [-0.3, -0.25) is 4.40 Å². The summed E-state index contributed by atoms with van der Waals surface area (Å²) < 4.78 is 7.22. The van der Waals surface area contributed by atoms with Gasteiger partial charge in [0.05, 0.1) is 11.6 Å². The molecule has 27 heavy (non-hydrogen) atoms. The van der Waals surface area contributed by atoms with Gasteiger partial charge in [-0.05, 0) is 30.9 Å². The number of likely N-dealkylation sites (tertiary alicyclic amines) is 1. The van der Waals surface area contributed by atoms with Crippen molar-refractivity contribution in [2.45, 2.75) is 39.0 Å². The summed E-state index contributed by atoms with van der Waals surface area (Å²) in [6.45, 7) is 5.51. The molecule has 9 nitrogen and oxygen atoms in total. The second-order valence-corrected chi connectivity index (χ2v) is 7.35. The van der Waals surface area contributed by atoms with E-state index in [0.29, 0.717) is 36.2 Å². The fraction of sp³-hybridized carbons (Fsp3) is 0.500. The molecule has 0 aromatic carbocycles. The lowest BCUT2D eigenvalue weighted by molar-refractivity contribution is 0.184. The van der Waals surface area contributed by atoms with Crippen molar-refractivity contribution in [1.82, 2.24) is 29.6 Å². The van der Waals surface area contributed by atoms with Crippen LogP contribution >= 0.6 is 0 Å². The number of amides is 2. The molecule has 4 heterocycles. The van der Waals surface area contributed by atoms with Gasteiger partial charge >= 0.3 is 6.03 Å². The molecular formula is C18H23N7O2. The third-order valence-corrected chi connectivity index (χ3v) is 4.70. The molecule has 1 fully saturated rings. The Kier molecular flexibility index (Phi) is 4.74. The summed E-state index contributed by atoms with van der Waals surface area (Å²) in [5.41, 5.74) is 1.26. The van der Waals surface area contributed by atoms with E-state index in [0.717, 1.165) is 25.1 Å². The Bertz CT molecular complexity index is 933. The van der Waals surface area contributed by atoms with Crippen molar-refractivity contribution in [2.75, 3.05) is 18.4 Å². The van der Waals surface area contributed by atoms with Crippen molar-refractivity contribution >= 4 is 17.4 Å². The van der Waals surface area contributed by atoms with Gasteiger partial charge in [0.15, 0.2) is 11.5 Å². The second kappa shape index (κ2) is 7.34. The Morgan fingerprint density at radius 1 is 1.44 bits per heavy atom. The SMILES string of the molecule is CC(C)Cc1noc([C@@H]2CCCN(C(=O)Nc3cccn4cnnc34)C2)n1. The first kappa shape index (κ1) is 17.4. The number of urea groups is 1. The summed E-state index contributed by atoms with van der Waals surface area (Å²) in [5, 5.41) is 14.9. The molecule has 1 aliphatic rings. The first-order valence-corrected chi connectivity index (χ1v) is 9.27. The molecule has 1 aliphatic heterocycles. The Labute approximate surface area is 156 Å². The molecule has 4 rings (SSSR count). The maximum absolute atomic E-state index is 12.8. The molecule has 142 valence electrons. The fourth-order valence-corrected chi connectivity index (χ4v) is 3.39. The van der Waals surface area contributed by atoms with Crippen molar-refractivity contribution in [2.24, 2.45) is 5.92 Å². The number of pyridine rings is 1. The molecule has 0 saturated carbocycles. The van der Waals surface area contributed by atoms with Gasteiger partial charge < -0.3 is 14.7 Å². The summed E-state index contributed by atoms with van der Waals surface area (Å²) in [6, 6.07) is 3.51. The highest BCUT2D eigenvalue weighted by Gasteiger charge is 2.29. The number of hydrogen-bond acceptors (Lipinski definition) is 6. The lowest BCUT2D eigenvalue weighted by Crippen LogP contribution is -2.41. The summed E-state index contributed by atoms with van der Waals surface area (Å²) >= 11 is 0. The smallest absolute Gasteiger partial charge is 0.321 e. The Hall–Kier alpha value is -2.97. The minimum absolute atomic E-state index is 0.0711. The van der Waals surface area contributed by atoms with E-state index in [1.807, 2.05) is 18.3 Å². The number of fused-ring (bicyclic) bond motifs is 1. The van der Waals surface area contributed by atoms with Gasteiger partial charge in [-0.15, -0.1) is 10.2 Å². The highest BCUT2D eigenvalue weighted by Crippen LogP contribution is 2.26. The van der Waals surface area contributed by atoms with Crippen LogP contribution in [0.4, 0.5) is 10.5 Å². The van der Waals surface area contributed by atoms with Crippen molar-refractivity contribution in [1.29, 1.82) is 0 Å². The van der Waals surface area contributed by atoms with E-state index in [2.05, 4.69) is 39.5 Å². The molecular weight excluding hydrogens is 346 g/mol. The number of nitrogens with one attached hydrogen (secondary N) is 1. The highest BCUT2D eigenvalue weighted by atomic mass is 16.5. The number of anilines is 1. The van der Waals surface area contributed by atoms with Crippen LogP contribution in [0.1, 0.15) is 44.3 Å². The first-order valence-electron chi connectivity index (χ1n) is 9.27. The van der Waals surface area contributed by atoms with Gasteiger partial charge in [0, 0.05) is 25.7 Å². The molecule has 3 aromatic heterocycles. The molecule has 0 aliphatic carbocycles. The molecule has 0 unspecified atom stereocenters. The molecule has 1 N–H and O–H groups in total. The zero-order valence-corrected chi connectivity index (χ0v) is 15.5. The van der Waals surface area contributed by atoms with Crippen molar-refractivity contribution in [3.05, 3.63) is 36.4 Å². The number of aromatic nitrogens is 5. The molecule has 0 spiro atoms. The monoisotopic (exact) mass is 369 g/mol. The average Bonchev–Trinajstić information content (AvgIpc) is 3.31. The number of rotatable bonds is 4. The van der Waals surface area contributed by atoms with E-state index >= 15 is 0 Å². The minimum atomic E-state index is -0.155. The standard InChI is InChI=1S/C18H23N7O2/c1-12(2)9-15-21-17(27-23-15)13-5-3-7-24(10-13)18(26)20-14-6-4-8-25-11-19-22-16(14)25/h4,6,8,11-13H,3,5,7,9-10H2,1-2H3,(H,20,26)/t13-/m1/s1. The van der Waals surface area contributed by atoms with Crippen molar-refractivity contribution in [3.8, 4) is 0 Å². The van der Waals surface area contributed by atoms with Crippen LogP contribution < -0.4 is 5.32 Å². The number of piperidine rings is 1. The van der Waals surface area contributed by atoms with Crippen LogP contribution in [0.15, 0.2) is 29.2 Å². The van der Waals surface area contributed by atoms with Crippen LogP contribution in [0, 0.1) is 5.92 Å². The molecule has 0 bridgehead atoms. The van der Waals surface area contributed by atoms with Crippen molar-refractivity contribution in [3.63, 3.8) is 0 Å². The quantitative estimate of drug-likeness (QED) is 0.759. The predicted octanol–water partition coefficient (Wildman–Crippen LogP) is 2.72. The Balaban J connectivity index is 1.44. The van der Waals surface area contributed by atoms with Gasteiger partial charge in [0.25, 0.3) is 0 Å². The van der Waals surface area contributed by atoms with E-state index < -0.39 is 0 Å². The van der Waals surface area contributed by atoms with Gasteiger partial charge in [-0.2, -0.15) is 4.98 Å². The van der Waals surface area contributed by atoms with E-state index in [1.165, 1.54) is 0 Å². The molecule has 0 radical (unpaired) electrons. The van der Waals surface area contributed by atoms with Crippen LogP contribution in [0.25, 0.3) is 5.65 Å². The van der Waals surface area contributed by atoms with Gasteiger partial charge in [0.1, 0.15) is 6.33 Å². The van der Waals surface area contributed by atoms with Gasteiger partial charge in [-0.25, -0.2) is 4.79 Å². The van der Waals surface area contributed by atoms with Crippen LogP contribution in [0.3, 0.4) is 0 Å². The van der Waals surface area contributed by atoms with Crippen LogP contribution in [-0.4, -0.2) is 48.8 Å². The average molecular weight is 369 g/mol. The van der Waals surface area contributed by atoms with E-state index in [4.69, 9.17) is 4.52 Å². The van der Waals surface area contributed by atoms with Crippen LogP contribution in [0.5, 0.6) is 0 Å². The summed E-state index contributed by atoms with van der Waals surface area (Å²) in [5.74, 6) is 1.91. The van der Waals surface area contributed by atoms with E-state index in [1.54, 1.807) is 15.6 Å². The predicted molar refractivity (Wildman–Crippen MR) is 98.4 cm³/mol. The summed E-state index contributed by atoms with van der Waals surface area (Å²) in [6.07, 6.45) is 6.07. The van der Waals surface area contributed by atoms with Gasteiger partial charge in [0.2, 0.25) is 5.89 Å². The number of nitrogens with zero attached hydrogens (tertiary/aromatic N) is 6. The minimum Gasteiger partial charge on any atom is -0.339 e. The van der Waals surface area contributed by atoms with Crippen LogP contribution in [0.2, 0.25) is 0 Å². The van der Waals surface area contributed by atoms with E-state index in [9.17, 15) is 4.79 Å². The molecule has 1 saturated heterocycles. The molecule has 9 heteroatoms. The first-order chi connectivity index (χ1) is 13.1. The number of hydrogen-bond donors (Lipinski definition) is 1. The third-order valence-electron chi connectivity index (χ3n) is 4.70. The Morgan fingerprint density at radius 2 is 2.33 bits per heavy atom. The van der Waals surface area contributed by atoms with Crippen LogP contribution in [-0.2, 0) is 6.42 Å². The molecule has 1 atom stereocenters. The number of carbonyl (C=O) groups is 1. The summed E-state index contributed by atoms with van der Waals surface area (Å²) in [4.78, 5) is 19.1. The highest BCUT2D eigenvalue weighted by molar-refractivity contribution is 5.93. The topological polar surface area (TPSA) is 101 Å². The third kappa shape index (κ3) is 3.76. The second-order valence-electron chi connectivity index (χ2n) is 7.35. The summed E-state index contributed by atoms with van der Waals surface area (Å²) in [7, 11) is 0. The van der Waals surface area contributed by atoms with Crippen molar-refractivity contribution < 1.29 is 9.32 Å². The maximum Gasteiger partial charge on any atom is 0.321 e. The lowest BCUT2D eigenvalue weighted by Gasteiger charge is -2.31. The maximum atomic E-state index is 12.8.